The van der Waals surface area contributed by atoms with E-state index in [4.69, 9.17) is 15.2 Å². The zero-order chi connectivity index (χ0) is 47.5. The molecule has 6 heterocycles. The monoisotopic (exact) mass is 916 g/mol. The van der Waals surface area contributed by atoms with E-state index in [9.17, 15) is 26.3 Å². The van der Waals surface area contributed by atoms with E-state index in [2.05, 4.69) is 35.5 Å². The number of nitrogens with zero attached hydrogens (tertiary/aromatic N) is 8. The molecule has 0 radical (unpaired) electrons. The zero-order valence-electron chi connectivity index (χ0n) is 36.4. The van der Waals surface area contributed by atoms with Gasteiger partial charge in [0, 0.05) is 53.4 Å². The van der Waals surface area contributed by atoms with Gasteiger partial charge in [-0.2, -0.15) is 36.5 Å². The lowest BCUT2D eigenvalue weighted by Gasteiger charge is -2.16. The van der Waals surface area contributed by atoms with Crippen LogP contribution in [0.5, 0.6) is 11.5 Å². The molecule has 2 atom stereocenters. The van der Waals surface area contributed by atoms with Gasteiger partial charge in [-0.15, -0.1) is 0 Å². The average Bonchev–Trinajstić information content (AvgIpc) is 3.97. The summed E-state index contributed by atoms with van der Waals surface area (Å²) in [6, 6.07) is 32.0. The lowest BCUT2D eigenvalue weighted by Crippen LogP contribution is -2.19. The molecular formula is C49H42F6N10O2. The molecule has 0 spiro atoms. The predicted molar refractivity (Wildman–Crippen MR) is 242 cm³/mol. The van der Waals surface area contributed by atoms with Crippen LogP contribution in [0.3, 0.4) is 0 Å². The molecule has 67 heavy (non-hydrogen) atoms. The first-order valence-electron chi connectivity index (χ1n) is 20.8. The molecule has 0 aliphatic carbocycles. The highest BCUT2D eigenvalue weighted by molar-refractivity contribution is 5.86. The van der Waals surface area contributed by atoms with Crippen LogP contribution in [-0.4, -0.2) is 53.7 Å². The summed E-state index contributed by atoms with van der Waals surface area (Å²) in [5.74, 6) is 1.66. The fourth-order valence-corrected chi connectivity index (χ4v) is 7.27. The van der Waals surface area contributed by atoms with Crippen molar-refractivity contribution in [1.29, 1.82) is 0 Å². The summed E-state index contributed by atoms with van der Waals surface area (Å²) < 4.78 is 92.3. The summed E-state index contributed by atoms with van der Waals surface area (Å²) in [6.45, 7) is 4.44. The van der Waals surface area contributed by atoms with Gasteiger partial charge < -0.3 is 20.5 Å². The van der Waals surface area contributed by atoms with Crippen molar-refractivity contribution in [3.05, 3.63) is 168 Å². The molecule has 0 aliphatic rings. The highest BCUT2D eigenvalue weighted by Crippen LogP contribution is 2.33. The Morgan fingerprint density at radius 2 is 1.10 bits per heavy atom. The van der Waals surface area contributed by atoms with E-state index < -0.39 is 23.7 Å². The number of pyridine rings is 4. The SMILES string of the molecule is CC(N)c1cc(-c2ccc3cnn(-c4cccc(C(F)(F)F)n4)c3c2)ccn1.COc1ccc(CNC(C)c2cc(-c3ccc4cnn(-c5cccc(C(F)(F)F)n5)c4c3)ccn2)c(OC)c1. The quantitative estimate of drug-likeness (QED) is 0.120. The van der Waals surface area contributed by atoms with E-state index in [1.807, 2.05) is 92.7 Å². The Morgan fingerprint density at radius 3 is 1.60 bits per heavy atom. The van der Waals surface area contributed by atoms with Crippen LogP contribution >= 0.6 is 0 Å². The first-order chi connectivity index (χ1) is 32.1. The smallest absolute Gasteiger partial charge is 0.433 e. The van der Waals surface area contributed by atoms with Gasteiger partial charge in [-0.1, -0.05) is 42.5 Å². The van der Waals surface area contributed by atoms with Crippen molar-refractivity contribution in [2.45, 2.75) is 44.8 Å². The van der Waals surface area contributed by atoms with Crippen molar-refractivity contribution in [3.63, 3.8) is 0 Å². The van der Waals surface area contributed by atoms with Crippen LogP contribution in [0, 0.1) is 0 Å². The standard InChI is InChI=1S/C29H26F3N5O2.C20H16F3N5/c1-18(34-16-22-9-10-23(38-2)15-26(22)39-3)24-13-20(11-12-33-24)19-7-8-21-17-35-37(25(21)14-19)28-6-4-5-27(36-28)29(30,31)32;1-12(24)16-9-14(7-8-25-16)13-5-6-15-11-26-28(17(15)10-13)19-4-2-3-18(27-19)20(21,22)23/h4-15,17-18,34H,16H2,1-3H3;2-12H,24H2,1H3. The maximum Gasteiger partial charge on any atom is 0.433 e. The average molecular weight is 917 g/mol. The molecule has 0 amide bonds. The van der Waals surface area contributed by atoms with Gasteiger partial charge in [0.2, 0.25) is 0 Å². The molecule has 0 saturated carbocycles. The van der Waals surface area contributed by atoms with Crippen LogP contribution in [0.25, 0.3) is 55.7 Å². The number of methoxy groups -OCH3 is 2. The van der Waals surface area contributed by atoms with Crippen molar-refractivity contribution in [3.8, 4) is 45.4 Å². The molecule has 6 aromatic heterocycles. The molecule has 12 nitrogen and oxygen atoms in total. The second kappa shape index (κ2) is 19.0. The topological polar surface area (TPSA) is 144 Å². The second-order valence-corrected chi connectivity index (χ2v) is 15.4. The normalized spacial score (nSPS) is 12.7. The second-order valence-electron chi connectivity index (χ2n) is 15.4. The minimum atomic E-state index is -4.54. The molecule has 3 N–H and O–H groups in total. The van der Waals surface area contributed by atoms with Crippen molar-refractivity contribution in [2.75, 3.05) is 14.2 Å². The Kier molecular flexibility index (Phi) is 13.0. The molecule has 0 bridgehead atoms. The molecule has 342 valence electrons. The summed E-state index contributed by atoms with van der Waals surface area (Å²) >= 11 is 0. The molecule has 0 saturated heterocycles. The number of ether oxygens (including phenoxy) is 2. The molecule has 18 heteroatoms. The summed E-state index contributed by atoms with van der Waals surface area (Å²) in [7, 11) is 3.24. The van der Waals surface area contributed by atoms with E-state index in [1.54, 1.807) is 39.0 Å². The van der Waals surface area contributed by atoms with Crippen LogP contribution in [0.15, 0.2) is 140 Å². The number of hydrogen-bond donors (Lipinski definition) is 2. The molecular weight excluding hydrogens is 875 g/mol. The third-order valence-electron chi connectivity index (χ3n) is 10.9. The van der Waals surface area contributed by atoms with Gasteiger partial charge in [0.05, 0.1) is 49.0 Å². The summed E-state index contributed by atoms with van der Waals surface area (Å²) in [4.78, 5) is 16.3. The van der Waals surface area contributed by atoms with E-state index in [-0.39, 0.29) is 23.7 Å². The summed E-state index contributed by atoms with van der Waals surface area (Å²) in [5, 5.41) is 13.6. The van der Waals surface area contributed by atoms with Gasteiger partial charge >= 0.3 is 12.4 Å². The van der Waals surface area contributed by atoms with Gasteiger partial charge in [0.25, 0.3) is 0 Å². The number of hydrogen-bond acceptors (Lipinski definition) is 10. The minimum Gasteiger partial charge on any atom is -0.497 e. The minimum absolute atomic E-state index is 0.0691. The van der Waals surface area contributed by atoms with E-state index in [0.717, 1.165) is 73.6 Å². The number of alkyl halides is 6. The largest absolute Gasteiger partial charge is 0.497 e. The fourth-order valence-electron chi connectivity index (χ4n) is 7.27. The number of benzene rings is 3. The van der Waals surface area contributed by atoms with Crippen molar-refractivity contribution >= 4 is 21.8 Å². The van der Waals surface area contributed by atoms with E-state index >= 15 is 0 Å². The summed E-state index contributed by atoms with van der Waals surface area (Å²) in [6.07, 6.45) is -2.42. The third kappa shape index (κ3) is 10.2. The first-order valence-corrected chi connectivity index (χ1v) is 20.8. The van der Waals surface area contributed by atoms with Crippen molar-refractivity contribution < 1.29 is 35.8 Å². The number of aromatic nitrogens is 8. The molecule has 9 aromatic rings. The van der Waals surface area contributed by atoms with Crippen molar-refractivity contribution in [2.24, 2.45) is 5.73 Å². The van der Waals surface area contributed by atoms with Crippen LogP contribution < -0.4 is 20.5 Å². The van der Waals surface area contributed by atoms with E-state index in [0.29, 0.717) is 17.6 Å². The maximum atomic E-state index is 13.2. The van der Waals surface area contributed by atoms with Gasteiger partial charge in [0.15, 0.2) is 11.6 Å². The number of nitrogens with two attached hydrogens (primary N) is 1. The van der Waals surface area contributed by atoms with Gasteiger partial charge in [-0.25, -0.2) is 19.3 Å². The Bertz CT molecular complexity index is 3180. The first kappa shape index (κ1) is 45.9. The maximum absolute atomic E-state index is 13.2. The Hall–Kier alpha value is -7.70. The highest BCUT2D eigenvalue weighted by Gasteiger charge is 2.33. The molecule has 2 unspecified atom stereocenters. The Balaban J connectivity index is 0.000000192. The molecule has 3 aromatic carbocycles. The van der Waals surface area contributed by atoms with Crippen LogP contribution in [0.1, 0.15) is 54.3 Å². The number of halogens is 6. The number of nitrogens with one attached hydrogen (secondary N) is 1. The lowest BCUT2D eigenvalue weighted by molar-refractivity contribution is -0.141. The highest BCUT2D eigenvalue weighted by atomic mass is 19.4. The van der Waals surface area contributed by atoms with Crippen molar-refractivity contribution in [1.82, 2.24) is 44.8 Å². The van der Waals surface area contributed by atoms with Crippen LogP contribution in [-0.2, 0) is 18.9 Å². The van der Waals surface area contributed by atoms with Crippen LogP contribution in [0.4, 0.5) is 26.3 Å². The van der Waals surface area contributed by atoms with E-state index in [1.165, 1.54) is 33.6 Å². The summed E-state index contributed by atoms with van der Waals surface area (Å²) in [5.41, 5.74) is 11.5. The predicted octanol–water partition coefficient (Wildman–Crippen LogP) is 10.9. The van der Waals surface area contributed by atoms with Gasteiger partial charge in [-0.05, 0) is 103 Å². The Labute approximate surface area is 380 Å². The fraction of sp³-hybridized carbons (Fsp3) is 0.184. The molecule has 0 aliphatic heterocycles. The molecule has 9 rings (SSSR count). The molecule has 0 fully saturated rings. The third-order valence-corrected chi connectivity index (χ3v) is 10.9. The van der Waals surface area contributed by atoms with Crippen LogP contribution in [0.2, 0.25) is 0 Å². The van der Waals surface area contributed by atoms with Gasteiger partial charge in [-0.3, -0.25) is 9.97 Å². The Morgan fingerprint density at radius 1 is 0.597 bits per heavy atom. The number of fused-ring (bicyclic) bond motifs is 2. The lowest BCUT2D eigenvalue weighted by atomic mass is 10.0. The van der Waals surface area contributed by atoms with Gasteiger partial charge in [0.1, 0.15) is 22.9 Å². The zero-order valence-corrected chi connectivity index (χ0v) is 36.4. The number of rotatable bonds is 11.